The highest BCUT2D eigenvalue weighted by Gasteiger charge is 2.33. The van der Waals surface area contributed by atoms with Crippen LogP contribution in [0.2, 0.25) is 10.0 Å². The van der Waals surface area contributed by atoms with Crippen molar-refractivity contribution >= 4 is 44.6 Å². The van der Waals surface area contributed by atoms with Gasteiger partial charge in [-0.15, -0.1) is 0 Å². The molecule has 1 fully saturated rings. The molecular weight excluding hydrogens is 341 g/mol. The Bertz CT molecular complexity index is 651. The number of non-ortho nitro benzene ring substituents is 1. The van der Waals surface area contributed by atoms with Crippen LogP contribution in [0.5, 0.6) is 0 Å². The lowest BCUT2D eigenvalue weighted by Gasteiger charge is -2.37. The fraction of sp³-hybridized carbons (Fsp3) is 0.455. The van der Waals surface area contributed by atoms with Crippen molar-refractivity contribution in [2.75, 3.05) is 31.2 Å². The summed E-state index contributed by atoms with van der Waals surface area (Å²) in [5.74, 6) is 0.155. The van der Waals surface area contributed by atoms with Crippen LogP contribution < -0.4 is 5.32 Å². The number of hydrogen-bond donors (Lipinski definition) is 1. The predicted molar refractivity (Wildman–Crippen MR) is 81.5 cm³/mol. The molecule has 1 aromatic carbocycles. The maximum absolute atomic E-state index is 11.2. The first kappa shape index (κ1) is 16.3. The van der Waals surface area contributed by atoms with E-state index >= 15 is 0 Å². The maximum Gasteiger partial charge on any atom is 0.272 e. The van der Waals surface area contributed by atoms with E-state index in [1.165, 1.54) is 22.7 Å². The number of nitro groups is 1. The number of benzene rings is 1. The van der Waals surface area contributed by atoms with E-state index in [0.29, 0.717) is 25.3 Å². The quantitative estimate of drug-likeness (QED) is 0.646. The van der Waals surface area contributed by atoms with Gasteiger partial charge >= 0.3 is 0 Å². The third-order valence-corrected chi connectivity index (χ3v) is 5.03. The molecule has 0 bridgehead atoms. The number of nitrogens with zero attached hydrogens (tertiary/aromatic N) is 2. The second kappa shape index (κ2) is 5.96. The van der Waals surface area contributed by atoms with E-state index in [1.54, 1.807) is 0 Å². The standard InChI is InChI=1S/C11H13Cl2N3O4S/c1-21(19,20)15-5-7(6-15)4-14-11-9(12)2-8(16(17)18)3-10(11)13/h2-3,7,14H,4-6H2,1H3. The molecule has 0 aliphatic carbocycles. The summed E-state index contributed by atoms with van der Waals surface area (Å²) in [6.45, 7) is 1.37. The normalized spacial score (nSPS) is 16.5. The van der Waals surface area contributed by atoms with Crippen LogP contribution in [0, 0.1) is 16.0 Å². The lowest BCUT2D eigenvalue weighted by molar-refractivity contribution is -0.384. The highest BCUT2D eigenvalue weighted by atomic mass is 35.5. The van der Waals surface area contributed by atoms with Gasteiger partial charge in [0.25, 0.3) is 5.69 Å². The Morgan fingerprint density at radius 3 is 2.33 bits per heavy atom. The molecule has 0 atom stereocenters. The molecule has 0 radical (unpaired) electrons. The molecule has 1 aliphatic heterocycles. The van der Waals surface area contributed by atoms with Crippen LogP contribution in [0.25, 0.3) is 0 Å². The summed E-state index contributed by atoms with van der Waals surface area (Å²) < 4.78 is 23.9. The first-order valence-corrected chi connectivity index (χ1v) is 8.61. The first-order valence-electron chi connectivity index (χ1n) is 6.01. The van der Waals surface area contributed by atoms with Gasteiger partial charge in [0.1, 0.15) is 0 Å². The van der Waals surface area contributed by atoms with Gasteiger partial charge < -0.3 is 5.32 Å². The second-order valence-corrected chi connectivity index (χ2v) is 7.67. The number of rotatable bonds is 5. The Balaban J connectivity index is 1.98. The number of hydrogen-bond acceptors (Lipinski definition) is 5. The first-order chi connectivity index (χ1) is 9.68. The molecule has 0 saturated carbocycles. The lowest BCUT2D eigenvalue weighted by atomic mass is 10.0. The van der Waals surface area contributed by atoms with Gasteiger partial charge in [-0.2, -0.15) is 0 Å². The van der Waals surface area contributed by atoms with Gasteiger partial charge in [0, 0.05) is 37.7 Å². The van der Waals surface area contributed by atoms with Crippen molar-refractivity contribution in [3.05, 3.63) is 32.3 Å². The van der Waals surface area contributed by atoms with Crippen molar-refractivity contribution in [3.8, 4) is 0 Å². The van der Waals surface area contributed by atoms with Gasteiger partial charge in [0.05, 0.1) is 26.9 Å². The smallest absolute Gasteiger partial charge is 0.272 e. The number of nitro benzene ring substituents is 1. The van der Waals surface area contributed by atoms with Crippen molar-refractivity contribution in [3.63, 3.8) is 0 Å². The van der Waals surface area contributed by atoms with E-state index < -0.39 is 14.9 Å². The molecule has 0 aromatic heterocycles. The van der Waals surface area contributed by atoms with E-state index in [2.05, 4.69) is 5.32 Å². The molecule has 0 amide bonds. The summed E-state index contributed by atoms with van der Waals surface area (Å²) in [6, 6.07) is 2.44. The van der Waals surface area contributed by atoms with Gasteiger partial charge in [0.15, 0.2) is 0 Å². The molecule has 0 unspecified atom stereocenters. The average molecular weight is 354 g/mol. The van der Waals surface area contributed by atoms with Gasteiger partial charge in [-0.1, -0.05) is 23.2 Å². The van der Waals surface area contributed by atoms with Crippen molar-refractivity contribution in [2.24, 2.45) is 5.92 Å². The third kappa shape index (κ3) is 3.76. The average Bonchev–Trinajstić information content (AvgIpc) is 2.27. The van der Waals surface area contributed by atoms with Crippen LogP contribution in [-0.2, 0) is 10.0 Å². The largest absolute Gasteiger partial charge is 0.382 e. The van der Waals surface area contributed by atoms with Gasteiger partial charge in [-0.05, 0) is 0 Å². The highest BCUT2D eigenvalue weighted by molar-refractivity contribution is 7.88. The fourth-order valence-electron chi connectivity index (χ4n) is 2.00. The second-order valence-electron chi connectivity index (χ2n) is 4.87. The van der Waals surface area contributed by atoms with Crippen molar-refractivity contribution < 1.29 is 13.3 Å². The van der Waals surface area contributed by atoms with Crippen molar-refractivity contribution in [1.82, 2.24) is 4.31 Å². The Labute approximate surface area is 132 Å². The van der Waals surface area contributed by atoms with Gasteiger partial charge in [0.2, 0.25) is 10.0 Å². The van der Waals surface area contributed by atoms with E-state index in [0.717, 1.165) is 0 Å². The summed E-state index contributed by atoms with van der Waals surface area (Å²) in [6.07, 6.45) is 1.17. The van der Waals surface area contributed by atoms with Crippen molar-refractivity contribution in [1.29, 1.82) is 0 Å². The topological polar surface area (TPSA) is 92.6 Å². The van der Waals surface area contributed by atoms with Crippen LogP contribution >= 0.6 is 23.2 Å². The number of nitrogens with one attached hydrogen (secondary N) is 1. The number of sulfonamides is 1. The molecule has 116 valence electrons. The maximum atomic E-state index is 11.2. The summed E-state index contributed by atoms with van der Waals surface area (Å²) in [5, 5.41) is 14.0. The number of anilines is 1. The zero-order chi connectivity index (χ0) is 15.8. The zero-order valence-electron chi connectivity index (χ0n) is 11.0. The number of halogens is 2. The summed E-state index contributed by atoms with van der Waals surface area (Å²) >= 11 is 11.9. The van der Waals surface area contributed by atoms with Crippen LogP contribution in [0.4, 0.5) is 11.4 Å². The fourth-order valence-corrected chi connectivity index (χ4v) is 3.58. The van der Waals surface area contributed by atoms with Gasteiger partial charge in [-0.3, -0.25) is 10.1 Å². The molecule has 7 nitrogen and oxygen atoms in total. The molecule has 1 aliphatic rings. The highest BCUT2D eigenvalue weighted by Crippen LogP contribution is 2.35. The van der Waals surface area contributed by atoms with Crippen LogP contribution in [0.15, 0.2) is 12.1 Å². The molecular formula is C11H13Cl2N3O4S. The molecule has 1 saturated heterocycles. The van der Waals surface area contributed by atoms with E-state index in [1.807, 2.05) is 0 Å². The van der Waals surface area contributed by atoms with Crippen molar-refractivity contribution in [2.45, 2.75) is 0 Å². The predicted octanol–water partition coefficient (Wildman–Crippen LogP) is 2.20. The molecule has 21 heavy (non-hydrogen) atoms. The Hall–Kier alpha value is -1.09. The summed E-state index contributed by atoms with van der Waals surface area (Å²) in [7, 11) is -3.13. The molecule has 10 heteroatoms. The minimum Gasteiger partial charge on any atom is -0.382 e. The van der Waals surface area contributed by atoms with Crippen LogP contribution in [0.1, 0.15) is 0 Å². The zero-order valence-corrected chi connectivity index (χ0v) is 13.4. The van der Waals surface area contributed by atoms with Gasteiger partial charge in [-0.25, -0.2) is 12.7 Å². The van der Waals surface area contributed by atoms with Crippen LogP contribution in [0.3, 0.4) is 0 Å². The monoisotopic (exact) mass is 353 g/mol. The third-order valence-electron chi connectivity index (χ3n) is 3.20. The molecule has 1 N–H and O–H groups in total. The Kier molecular flexibility index (Phi) is 4.62. The summed E-state index contributed by atoms with van der Waals surface area (Å²) in [5.41, 5.74) is 0.240. The Morgan fingerprint density at radius 2 is 1.90 bits per heavy atom. The van der Waals surface area contributed by atoms with E-state index in [9.17, 15) is 18.5 Å². The van der Waals surface area contributed by atoms with Crippen LogP contribution in [-0.4, -0.2) is 43.5 Å². The minimum atomic E-state index is -3.13. The molecule has 1 heterocycles. The minimum absolute atomic E-state index is 0.155. The lowest BCUT2D eigenvalue weighted by Crippen LogP contribution is -2.51. The van der Waals surface area contributed by atoms with E-state index in [4.69, 9.17) is 23.2 Å². The summed E-state index contributed by atoms with van der Waals surface area (Å²) in [4.78, 5) is 10.1. The Morgan fingerprint density at radius 1 is 1.38 bits per heavy atom. The SMILES string of the molecule is CS(=O)(=O)N1CC(CNc2c(Cl)cc([N+](=O)[O-])cc2Cl)C1. The van der Waals surface area contributed by atoms with E-state index in [-0.39, 0.29) is 21.7 Å². The molecule has 0 spiro atoms. The molecule has 1 aromatic rings. The molecule has 2 rings (SSSR count).